The minimum absolute atomic E-state index is 0.284. The highest BCUT2D eigenvalue weighted by Gasteiger charge is 2.18. The summed E-state index contributed by atoms with van der Waals surface area (Å²) in [7, 11) is 0. The Kier molecular flexibility index (Phi) is 25.8. The van der Waals surface area contributed by atoms with Gasteiger partial charge in [0.25, 0.3) is 0 Å². The number of carbonyl (C=O) groups is 1. The Morgan fingerprint density at radius 2 is 1.29 bits per heavy atom. The minimum Gasteiger partial charge on any atom is -0.424 e. The molecule has 340 valence electrons. The molecule has 10 nitrogen and oxygen atoms in total. The second-order valence-electron chi connectivity index (χ2n) is 16.7. The van der Waals surface area contributed by atoms with Crippen molar-refractivity contribution in [3.8, 4) is 5.75 Å². The number of benzene rings is 1. The first kappa shape index (κ1) is 50.6. The van der Waals surface area contributed by atoms with Crippen LogP contribution in [-0.2, 0) is 33.7 Å². The molecule has 62 heavy (non-hydrogen) atoms. The fourth-order valence-corrected chi connectivity index (χ4v) is 8.05. The third kappa shape index (κ3) is 21.3. The lowest BCUT2D eigenvalue weighted by molar-refractivity contribution is -0.697. The number of nitrogens with two attached hydrogens (primary N) is 2. The summed E-state index contributed by atoms with van der Waals surface area (Å²) in [5, 5.41) is 2.75. The molecule has 0 aliphatic carbocycles. The summed E-state index contributed by atoms with van der Waals surface area (Å²) >= 11 is 6.50. The molecule has 4 aromatic rings. The molecule has 0 radical (unpaired) electrons. The van der Waals surface area contributed by atoms with Gasteiger partial charge in [0.15, 0.2) is 18.1 Å². The molecule has 0 atom stereocenters. The van der Waals surface area contributed by atoms with Crippen molar-refractivity contribution in [3.63, 3.8) is 0 Å². The van der Waals surface area contributed by atoms with Gasteiger partial charge in [-0.25, -0.2) is 10.4 Å². The van der Waals surface area contributed by atoms with Crippen LogP contribution in [0.1, 0.15) is 152 Å². The van der Waals surface area contributed by atoms with Crippen LogP contribution in [0.15, 0.2) is 79.6 Å². The van der Waals surface area contributed by atoms with Crippen LogP contribution in [-0.4, -0.2) is 53.9 Å². The van der Waals surface area contributed by atoms with E-state index in [2.05, 4.69) is 45.1 Å². The zero-order valence-corrected chi connectivity index (χ0v) is 38.5. The lowest BCUT2D eigenvalue weighted by Gasteiger charge is -2.17. The topological polar surface area (TPSA) is 130 Å². The fraction of sp³-hybridized carbons (Fsp3) is 0.569. The van der Waals surface area contributed by atoms with Crippen molar-refractivity contribution in [2.24, 2.45) is 11.6 Å². The van der Waals surface area contributed by atoms with Crippen molar-refractivity contribution in [1.29, 1.82) is 0 Å². The summed E-state index contributed by atoms with van der Waals surface area (Å²) in [6.45, 7) is 6.59. The van der Waals surface area contributed by atoms with E-state index < -0.39 is 5.97 Å². The molecule has 0 aliphatic rings. The summed E-state index contributed by atoms with van der Waals surface area (Å²) in [4.78, 5) is 20.4. The van der Waals surface area contributed by atoms with Crippen LogP contribution in [0.25, 0.3) is 16.6 Å². The second-order valence-corrected chi connectivity index (χ2v) is 17.1. The standard InChI is InChI=1S/C51H76ClN6O4/c1-43(59)62-51-47(39-48(52)46-29-21-31-56-50(46)51)49(53)42-58(54)34-17-13-9-4-2-3-6-10-14-19-36-61-38-24-28-45-26-22-33-57(41-45)32-16-12-8-5-7-11-15-18-35-60-37-23-27-44-25-20-30-55-40-44/h20-22,25-26,29-31,33,39-42H,2-19,23-24,27-28,32,34-38,53-54H2,1H3/q+1/b49-42-. The monoisotopic (exact) mass is 872 g/mol. The number of fused-ring (bicyclic) bond motifs is 1. The number of esters is 1. The van der Waals surface area contributed by atoms with Gasteiger partial charge in [0.05, 0.1) is 10.7 Å². The van der Waals surface area contributed by atoms with Gasteiger partial charge in [-0.15, -0.1) is 0 Å². The van der Waals surface area contributed by atoms with Gasteiger partial charge in [0, 0.05) is 93.7 Å². The number of halogens is 1. The van der Waals surface area contributed by atoms with Crippen LogP contribution in [0.4, 0.5) is 0 Å². The minimum atomic E-state index is -0.461. The van der Waals surface area contributed by atoms with E-state index in [1.807, 2.05) is 24.5 Å². The first-order valence-corrected chi connectivity index (χ1v) is 24.1. The normalized spacial score (nSPS) is 11.7. The third-order valence-corrected chi connectivity index (χ3v) is 11.5. The molecule has 0 amide bonds. The van der Waals surface area contributed by atoms with Crippen molar-refractivity contribution in [1.82, 2.24) is 15.0 Å². The molecule has 4 N–H and O–H groups in total. The average Bonchev–Trinajstić information content (AvgIpc) is 3.27. The smallest absolute Gasteiger partial charge is 0.308 e. The molecule has 0 saturated carbocycles. The van der Waals surface area contributed by atoms with Crippen molar-refractivity contribution < 1.29 is 23.6 Å². The highest BCUT2D eigenvalue weighted by molar-refractivity contribution is 6.36. The van der Waals surface area contributed by atoms with E-state index in [0.29, 0.717) is 33.7 Å². The predicted octanol–water partition coefficient (Wildman–Crippen LogP) is 11.2. The molecule has 3 aromatic heterocycles. The van der Waals surface area contributed by atoms with Gasteiger partial charge in [-0.2, -0.15) is 0 Å². The van der Waals surface area contributed by atoms with Gasteiger partial charge in [0.1, 0.15) is 12.1 Å². The summed E-state index contributed by atoms with van der Waals surface area (Å²) in [5.74, 6) is 6.08. The van der Waals surface area contributed by atoms with Crippen LogP contribution in [0.3, 0.4) is 0 Å². The molecule has 0 bridgehead atoms. The summed E-state index contributed by atoms with van der Waals surface area (Å²) in [6, 6.07) is 13.9. The Hall–Kier alpha value is -4.09. The molecule has 0 saturated heterocycles. The number of hydrogen-bond donors (Lipinski definition) is 2. The molecule has 0 spiro atoms. The zero-order chi connectivity index (χ0) is 43.9. The number of hydrazine groups is 1. The third-order valence-electron chi connectivity index (χ3n) is 11.2. The quantitative estimate of drug-likeness (QED) is 0.0116. The fourth-order valence-electron chi connectivity index (χ4n) is 7.79. The number of aryl methyl sites for hydroxylation is 3. The van der Waals surface area contributed by atoms with Crippen molar-refractivity contribution in [2.45, 2.75) is 155 Å². The maximum absolute atomic E-state index is 11.8. The van der Waals surface area contributed by atoms with Crippen molar-refractivity contribution in [2.75, 3.05) is 33.0 Å². The van der Waals surface area contributed by atoms with Crippen LogP contribution in [0, 0.1) is 0 Å². The molecule has 3 heterocycles. The Morgan fingerprint density at radius 1 is 0.726 bits per heavy atom. The van der Waals surface area contributed by atoms with E-state index in [9.17, 15) is 4.79 Å². The Balaban J connectivity index is 0.895. The first-order valence-electron chi connectivity index (χ1n) is 23.7. The molecular formula is C51H76ClN6O4+. The number of ether oxygens (including phenoxy) is 3. The summed E-state index contributed by atoms with van der Waals surface area (Å²) < 4.78 is 19.7. The number of aromatic nitrogens is 3. The van der Waals surface area contributed by atoms with E-state index >= 15 is 0 Å². The molecule has 11 heteroatoms. The van der Waals surface area contributed by atoms with E-state index in [1.54, 1.807) is 29.5 Å². The predicted molar refractivity (Wildman–Crippen MR) is 253 cm³/mol. The van der Waals surface area contributed by atoms with E-state index in [1.165, 1.54) is 114 Å². The van der Waals surface area contributed by atoms with Gasteiger partial charge >= 0.3 is 5.97 Å². The second kappa shape index (κ2) is 31.7. The highest BCUT2D eigenvalue weighted by Crippen LogP contribution is 2.36. The van der Waals surface area contributed by atoms with Gasteiger partial charge in [-0.1, -0.05) is 101 Å². The number of pyridine rings is 3. The molecular weight excluding hydrogens is 796 g/mol. The number of hydrogen-bond acceptors (Lipinski definition) is 9. The number of rotatable bonds is 35. The maximum atomic E-state index is 11.8. The van der Waals surface area contributed by atoms with Gasteiger partial charge in [-0.05, 0) is 87.3 Å². The van der Waals surface area contributed by atoms with Crippen LogP contribution >= 0.6 is 11.6 Å². The van der Waals surface area contributed by atoms with Crippen LogP contribution in [0.2, 0.25) is 5.02 Å². The Bertz CT molecular complexity index is 1840. The lowest BCUT2D eigenvalue weighted by Crippen LogP contribution is -2.33. The summed E-state index contributed by atoms with van der Waals surface area (Å²) in [6.07, 6.45) is 38.3. The van der Waals surface area contributed by atoms with Gasteiger partial charge in [0.2, 0.25) is 0 Å². The number of nitrogens with zero attached hydrogens (tertiary/aromatic N) is 4. The van der Waals surface area contributed by atoms with Crippen LogP contribution in [0.5, 0.6) is 5.75 Å². The largest absolute Gasteiger partial charge is 0.424 e. The molecule has 4 rings (SSSR count). The zero-order valence-electron chi connectivity index (χ0n) is 37.8. The average molecular weight is 873 g/mol. The van der Waals surface area contributed by atoms with Crippen LogP contribution < -0.4 is 20.9 Å². The Labute approximate surface area is 377 Å². The highest BCUT2D eigenvalue weighted by atomic mass is 35.5. The van der Waals surface area contributed by atoms with Crippen molar-refractivity contribution in [3.05, 3.63) is 101 Å². The van der Waals surface area contributed by atoms with Gasteiger partial charge in [-0.3, -0.25) is 14.8 Å². The number of unbranched alkanes of at least 4 members (excludes halogenated alkanes) is 16. The lowest BCUT2D eigenvalue weighted by atomic mass is 10.1. The SMILES string of the molecule is CC(=O)Oc1c(/C(N)=C/N(N)CCCCCCCCCCCCOCCCc2ccc[n+](CCCCCCCCCCOCCCc3cccnc3)c2)cc(Cl)c2cccnc12. The molecule has 1 aromatic carbocycles. The van der Waals surface area contributed by atoms with Crippen molar-refractivity contribution >= 4 is 34.2 Å². The molecule has 0 fully saturated rings. The first-order chi connectivity index (χ1) is 30.4. The Morgan fingerprint density at radius 3 is 1.92 bits per heavy atom. The maximum Gasteiger partial charge on any atom is 0.308 e. The van der Waals surface area contributed by atoms with Gasteiger partial charge < -0.3 is 25.0 Å². The molecule has 0 aliphatic heterocycles. The van der Waals surface area contributed by atoms with E-state index in [-0.39, 0.29) is 5.75 Å². The number of carbonyl (C=O) groups excluding carboxylic acids is 1. The van der Waals surface area contributed by atoms with E-state index in [4.69, 9.17) is 37.4 Å². The van der Waals surface area contributed by atoms with E-state index in [0.717, 1.165) is 77.9 Å². The summed E-state index contributed by atoms with van der Waals surface area (Å²) in [5.41, 5.74) is 10.4. The molecule has 0 unspecified atom stereocenters.